The number of carbonyl (C=O) groups is 4. The Kier molecular flexibility index (Phi) is 12.0. The maximum absolute atomic E-state index is 13.5. The van der Waals surface area contributed by atoms with E-state index in [2.05, 4.69) is 16.1 Å². The van der Waals surface area contributed by atoms with Crippen LogP contribution in [-0.2, 0) is 38.1 Å². The molecular weight excluding hydrogens is 537 g/mol. The maximum Gasteiger partial charge on any atom is 0.394 e. The molecule has 1 aliphatic carbocycles. The molecule has 0 aromatic carbocycles. The zero-order chi connectivity index (χ0) is 29.3. The van der Waals surface area contributed by atoms with Crippen molar-refractivity contribution in [2.75, 3.05) is 26.4 Å². The normalized spacial score (nSPS) is 20.3. The number of esters is 4. The summed E-state index contributed by atoms with van der Waals surface area (Å²) in [6.07, 6.45) is -9.37. The van der Waals surface area contributed by atoms with Gasteiger partial charge in [-0.05, 0) is 26.2 Å². The van der Waals surface area contributed by atoms with Crippen LogP contribution >= 0.6 is 0 Å². The molecule has 1 fully saturated rings. The lowest BCUT2D eigenvalue weighted by atomic mass is 9.74. The Bertz CT molecular complexity index is 872. The van der Waals surface area contributed by atoms with Gasteiger partial charge in [-0.25, -0.2) is 22.4 Å². The molecule has 3 unspecified atom stereocenters. The van der Waals surface area contributed by atoms with Crippen molar-refractivity contribution < 1.29 is 68.9 Å². The van der Waals surface area contributed by atoms with Gasteiger partial charge in [0.15, 0.2) is 13.2 Å². The molecule has 1 aliphatic rings. The minimum atomic E-state index is -5.23. The van der Waals surface area contributed by atoms with Crippen molar-refractivity contribution in [3.8, 4) is 0 Å². The molecule has 218 valence electrons. The fourth-order valence-electron chi connectivity index (χ4n) is 3.46. The van der Waals surface area contributed by atoms with Crippen molar-refractivity contribution in [3.63, 3.8) is 0 Å². The monoisotopic (exact) mass is 566 g/mol. The fourth-order valence-corrected chi connectivity index (χ4v) is 3.46. The van der Waals surface area contributed by atoms with Crippen LogP contribution in [-0.4, -0.2) is 68.3 Å². The minimum Gasteiger partial charge on any atom is -0.462 e. The fraction of sp³-hybridized carbons (Fsp3) is 0.739. The van der Waals surface area contributed by atoms with E-state index in [0.717, 1.165) is 0 Å². The van der Waals surface area contributed by atoms with Gasteiger partial charge in [-0.3, -0.25) is 14.4 Å². The summed E-state index contributed by atoms with van der Waals surface area (Å²) in [7, 11) is 0. The Hall–Kier alpha value is -2.87. The summed E-state index contributed by atoms with van der Waals surface area (Å²) >= 11 is 0. The lowest BCUT2D eigenvalue weighted by molar-refractivity contribution is -0.206. The van der Waals surface area contributed by atoms with Crippen LogP contribution < -0.4 is 0 Å². The Morgan fingerprint density at radius 1 is 0.763 bits per heavy atom. The highest BCUT2D eigenvalue weighted by Gasteiger charge is 2.47. The number of carbonyl (C=O) groups excluding carboxylic acids is 4. The van der Waals surface area contributed by atoms with Gasteiger partial charge in [-0.2, -0.15) is 13.2 Å². The highest BCUT2D eigenvalue weighted by molar-refractivity contribution is 5.87. The number of hydrogen-bond donors (Lipinski definition) is 0. The lowest BCUT2D eigenvalue weighted by Gasteiger charge is -2.33. The molecule has 15 heteroatoms. The number of hydrogen-bond acceptors (Lipinski definition) is 8. The van der Waals surface area contributed by atoms with Crippen LogP contribution in [0.25, 0.3) is 0 Å². The van der Waals surface area contributed by atoms with E-state index in [1.807, 2.05) is 0 Å². The minimum absolute atomic E-state index is 0.0590. The van der Waals surface area contributed by atoms with Crippen LogP contribution in [0.1, 0.15) is 46.0 Å². The van der Waals surface area contributed by atoms with Gasteiger partial charge in [0.2, 0.25) is 0 Å². The van der Waals surface area contributed by atoms with Crippen LogP contribution in [0.15, 0.2) is 12.2 Å². The number of alkyl halides is 7. The predicted molar refractivity (Wildman–Crippen MR) is 114 cm³/mol. The highest BCUT2D eigenvalue weighted by Crippen LogP contribution is 2.38. The Morgan fingerprint density at radius 2 is 1.29 bits per heavy atom. The summed E-state index contributed by atoms with van der Waals surface area (Å²) in [5.41, 5.74) is 0.0590. The van der Waals surface area contributed by atoms with Gasteiger partial charge < -0.3 is 18.9 Å². The first-order valence-electron chi connectivity index (χ1n) is 11.5. The van der Waals surface area contributed by atoms with Crippen LogP contribution in [0.3, 0.4) is 0 Å². The SMILES string of the molecule is C=C(C)C(=O)OCCOC(=O)C1CC(C(=O)OCC(F)(F)CC)CCC1C(=O)OCC(F)(F)CC(F)(F)F. The Labute approximate surface area is 213 Å². The van der Waals surface area contributed by atoms with Gasteiger partial charge in [0.1, 0.15) is 19.6 Å². The maximum atomic E-state index is 13.5. The van der Waals surface area contributed by atoms with E-state index in [0.29, 0.717) is 0 Å². The summed E-state index contributed by atoms with van der Waals surface area (Å²) < 4.78 is 110. The average Bonchev–Trinajstić information content (AvgIpc) is 2.81. The third-order valence-electron chi connectivity index (χ3n) is 5.53. The molecule has 0 bridgehead atoms. The number of rotatable bonds is 13. The predicted octanol–water partition coefficient (Wildman–Crippen LogP) is 4.40. The Balaban J connectivity index is 2.90. The van der Waals surface area contributed by atoms with Gasteiger partial charge in [-0.1, -0.05) is 13.5 Å². The van der Waals surface area contributed by atoms with Crippen LogP contribution in [0.2, 0.25) is 0 Å². The molecule has 3 atom stereocenters. The van der Waals surface area contributed by atoms with E-state index in [9.17, 15) is 49.9 Å². The summed E-state index contributed by atoms with van der Waals surface area (Å²) in [5.74, 6) is -16.3. The molecular formula is C23H29F7O8. The van der Waals surface area contributed by atoms with Crippen molar-refractivity contribution in [3.05, 3.63) is 12.2 Å². The summed E-state index contributed by atoms with van der Waals surface area (Å²) in [6, 6.07) is 0. The standard InChI is InChI=1S/C23H29F7O8/c1-4-21(24,25)11-37-18(32)14-5-6-15(19(33)38-12-22(26,27)10-23(28,29)30)16(9-14)20(34)36-8-7-35-17(31)13(2)3/h14-16H,2,4-12H2,1,3H3. The largest absolute Gasteiger partial charge is 0.462 e. The quantitative estimate of drug-likeness (QED) is 0.106. The van der Waals surface area contributed by atoms with E-state index < -0.39 is 105 Å². The molecule has 0 aromatic rings. The zero-order valence-corrected chi connectivity index (χ0v) is 20.7. The molecule has 1 saturated carbocycles. The third kappa shape index (κ3) is 11.7. The van der Waals surface area contributed by atoms with Gasteiger partial charge >= 0.3 is 30.1 Å². The second-order valence-electron chi connectivity index (χ2n) is 8.88. The average molecular weight is 566 g/mol. The van der Waals surface area contributed by atoms with Crippen molar-refractivity contribution in [2.24, 2.45) is 17.8 Å². The summed E-state index contributed by atoms with van der Waals surface area (Å²) in [4.78, 5) is 48.8. The molecule has 0 radical (unpaired) electrons. The molecule has 0 N–H and O–H groups in total. The van der Waals surface area contributed by atoms with Crippen LogP contribution in [0.5, 0.6) is 0 Å². The number of ether oxygens (including phenoxy) is 4. The van der Waals surface area contributed by atoms with E-state index in [1.165, 1.54) is 13.8 Å². The van der Waals surface area contributed by atoms with E-state index in [1.54, 1.807) is 0 Å². The van der Waals surface area contributed by atoms with Crippen molar-refractivity contribution >= 4 is 23.9 Å². The molecule has 1 rings (SSSR count). The van der Waals surface area contributed by atoms with Crippen LogP contribution in [0, 0.1) is 17.8 Å². The third-order valence-corrected chi connectivity index (χ3v) is 5.53. The molecule has 38 heavy (non-hydrogen) atoms. The van der Waals surface area contributed by atoms with E-state index in [4.69, 9.17) is 9.47 Å². The van der Waals surface area contributed by atoms with Gasteiger partial charge in [0.05, 0.1) is 17.8 Å². The molecule has 0 aromatic heterocycles. The highest BCUT2D eigenvalue weighted by atomic mass is 19.4. The first kappa shape index (κ1) is 33.2. The molecule has 0 heterocycles. The second-order valence-corrected chi connectivity index (χ2v) is 8.88. The topological polar surface area (TPSA) is 105 Å². The van der Waals surface area contributed by atoms with Crippen molar-refractivity contribution in [2.45, 2.75) is 64.0 Å². The van der Waals surface area contributed by atoms with Crippen molar-refractivity contribution in [1.82, 2.24) is 0 Å². The van der Waals surface area contributed by atoms with Gasteiger partial charge in [-0.15, -0.1) is 0 Å². The second kappa shape index (κ2) is 13.8. The summed E-state index contributed by atoms with van der Waals surface area (Å²) in [5, 5.41) is 0. The first-order valence-corrected chi connectivity index (χ1v) is 11.5. The van der Waals surface area contributed by atoms with E-state index in [-0.39, 0.29) is 18.4 Å². The van der Waals surface area contributed by atoms with Gasteiger partial charge in [0.25, 0.3) is 11.8 Å². The Morgan fingerprint density at radius 3 is 1.84 bits per heavy atom. The molecule has 8 nitrogen and oxygen atoms in total. The number of halogens is 7. The zero-order valence-electron chi connectivity index (χ0n) is 20.7. The van der Waals surface area contributed by atoms with Crippen LogP contribution in [0.4, 0.5) is 30.7 Å². The van der Waals surface area contributed by atoms with Gasteiger partial charge in [0, 0.05) is 12.0 Å². The molecule has 0 spiro atoms. The molecule has 0 saturated heterocycles. The molecule has 0 aliphatic heterocycles. The summed E-state index contributed by atoms with van der Waals surface area (Å²) in [6.45, 7) is 1.83. The molecule has 0 amide bonds. The van der Waals surface area contributed by atoms with Crippen molar-refractivity contribution in [1.29, 1.82) is 0 Å². The lowest BCUT2D eigenvalue weighted by Crippen LogP contribution is -2.41. The van der Waals surface area contributed by atoms with E-state index >= 15 is 0 Å². The first-order chi connectivity index (χ1) is 17.4. The smallest absolute Gasteiger partial charge is 0.394 e.